The van der Waals surface area contributed by atoms with Gasteiger partial charge in [-0.2, -0.15) is 0 Å². The van der Waals surface area contributed by atoms with Gasteiger partial charge in [0.1, 0.15) is 17.1 Å². The Balaban J connectivity index is 1.83. The number of ether oxygens (including phenoxy) is 2. The van der Waals surface area contributed by atoms with Crippen molar-refractivity contribution in [3.8, 4) is 11.5 Å². The molecule has 2 aromatic rings. The van der Waals surface area contributed by atoms with E-state index in [9.17, 15) is 14.7 Å². The van der Waals surface area contributed by atoms with Gasteiger partial charge in [0, 0.05) is 6.54 Å². The number of phenolic OH excluding ortho intramolecular Hbond substituents is 1. The number of aromatic hydroxyl groups is 1. The van der Waals surface area contributed by atoms with E-state index in [0.29, 0.717) is 12.3 Å². The number of esters is 1. The molecule has 0 fully saturated rings. The van der Waals surface area contributed by atoms with Gasteiger partial charge in [-0.3, -0.25) is 4.79 Å². The molecular formula is C18H19NO5. The molecule has 24 heavy (non-hydrogen) atoms. The molecule has 0 radical (unpaired) electrons. The maximum absolute atomic E-state index is 11.9. The first-order chi connectivity index (χ1) is 11.5. The average molecular weight is 329 g/mol. The third kappa shape index (κ3) is 4.74. The van der Waals surface area contributed by atoms with Crippen LogP contribution in [-0.2, 0) is 16.1 Å². The summed E-state index contributed by atoms with van der Waals surface area (Å²) in [7, 11) is 1.57. The zero-order valence-electron chi connectivity index (χ0n) is 13.5. The van der Waals surface area contributed by atoms with Crippen LogP contribution in [0.25, 0.3) is 0 Å². The Labute approximate surface area is 140 Å². The zero-order chi connectivity index (χ0) is 17.5. The Morgan fingerprint density at radius 2 is 1.96 bits per heavy atom. The van der Waals surface area contributed by atoms with Gasteiger partial charge in [-0.05, 0) is 42.3 Å². The second-order valence-corrected chi connectivity index (χ2v) is 5.22. The van der Waals surface area contributed by atoms with Crippen molar-refractivity contribution in [2.24, 2.45) is 0 Å². The number of benzene rings is 2. The zero-order valence-corrected chi connectivity index (χ0v) is 13.5. The maximum Gasteiger partial charge on any atom is 0.342 e. The third-order valence-corrected chi connectivity index (χ3v) is 3.33. The summed E-state index contributed by atoms with van der Waals surface area (Å²) in [5.41, 5.74) is 1.71. The molecule has 0 aliphatic rings. The molecule has 126 valence electrons. The summed E-state index contributed by atoms with van der Waals surface area (Å²) in [5.74, 6) is -0.651. The molecule has 2 aromatic carbocycles. The van der Waals surface area contributed by atoms with Crippen LogP contribution in [0.2, 0.25) is 0 Å². The molecule has 2 N–H and O–H groups in total. The van der Waals surface area contributed by atoms with Gasteiger partial charge >= 0.3 is 5.97 Å². The minimum absolute atomic E-state index is 0.0289. The topological polar surface area (TPSA) is 84.9 Å². The van der Waals surface area contributed by atoms with Crippen molar-refractivity contribution in [1.82, 2.24) is 5.32 Å². The van der Waals surface area contributed by atoms with Gasteiger partial charge in [-0.15, -0.1) is 0 Å². The maximum atomic E-state index is 11.9. The number of aryl methyl sites for hydroxylation is 1. The standard InChI is InChI=1S/C18H19NO5/c1-12-6-7-15(16(20)8-12)18(22)24-11-17(21)19-10-13-4-3-5-14(9-13)23-2/h3-9,20H,10-11H2,1-2H3,(H,19,21). The van der Waals surface area contributed by atoms with Crippen LogP contribution in [0.15, 0.2) is 42.5 Å². The smallest absolute Gasteiger partial charge is 0.342 e. The monoisotopic (exact) mass is 329 g/mol. The molecule has 2 rings (SSSR count). The molecule has 0 bridgehead atoms. The second kappa shape index (κ2) is 8.01. The van der Waals surface area contributed by atoms with Gasteiger partial charge in [0.25, 0.3) is 5.91 Å². The molecular weight excluding hydrogens is 310 g/mol. The number of methoxy groups -OCH3 is 1. The number of amides is 1. The van der Waals surface area contributed by atoms with E-state index in [4.69, 9.17) is 9.47 Å². The van der Waals surface area contributed by atoms with Crippen LogP contribution >= 0.6 is 0 Å². The van der Waals surface area contributed by atoms with E-state index in [1.54, 1.807) is 32.2 Å². The fraction of sp³-hybridized carbons (Fsp3) is 0.222. The summed E-state index contributed by atoms with van der Waals surface area (Å²) in [6.07, 6.45) is 0. The first-order valence-electron chi connectivity index (χ1n) is 7.36. The van der Waals surface area contributed by atoms with Gasteiger partial charge in [-0.25, -0.2) is 4.79 Å². The second-order valence-electron chi connectivity index (χ2n) is 5.22. The average Bonchev–Trinajstić information content (AvgIpc) is 2.58. The highest BCUT2D eigenvalue weighted by Gasteiger charge is 2.14. The SMILES string of the molecule is COc1cccc(CNC(=O)COC(=O)c2ccc(C)cc2O)c1. The van der Waals surface area contributed by atoms with Crippen LogP contribution in [0.3, 0.4) is 0 Å². The Hall–Kier alpha value is -3.02. The highest BCUT2D eigenvalue weighted by atomic mass is 16.5. The Morgan fingerprint density at radius 3 is 2.67 bits per heavy atom. The van der Waals surface area contributed by atoms with E-state index < -0.39 is 18.5 Å². The summed E-state index contributed by atoms with van der Waals surface area (Å²) >= 11 is 0. The number of rotatable bonds is 6. The van der Waals surface area contributed by atoms with Crippen molar-refractivity contribution < 1.29 is 24.2 Å². The molecule has 1 amide bonds. The highest BCUT2D eigenvalue weighted by Crippen LogP contribution is 2.19. The van der Waals surface area contributed by atoms with Crippen molar-refractivity contribution in [3.05, 3.63) is 59.2 Å². The lowest BCUT2D eigenvalue weighted by Crippen LogP contribution is -2.28. The van der Waals surface area contributed by atoms with E-state index in [2.05, 4.69) is 5.32 Å². The van der Waals surface area contributed by atoms with E-state index >= 15 is 0 Å². The number of nitrogens with one attached hydrogen (secondary N) is 1. The first kappa shape index (κ1) is 17.3. The lowest BCUT2D eigenvalue weighted by atomic mass is 10.1. The molecule has 6 nitrogen and oxygen atoms in total. The summed E-state index contributed by atoms with van der Waals surface area (Å²) in [6, 6.07) is 11.9. The van der Waals surface area contributed by atoms with Crippen LogP contribution < -0.4 is 10.1 Å². The number of carbonyl (C=O) groups is 2. The molecule has 0 aliphatic carbocycles. The molecule has 0 atom stereocenters. The third-order valence-electron chi connectivity index (χ3n) is 3.33. The van der Waals surface area contributed by atoms with Gasteiger partial charge in [0.15, 0.2) is 6.61 Å². The highest BCUT2D eigenvalue weighted by molar-refractivity contribution is 5.93. The molecule has 0 heterocycles. The van der Waals surface area contributed by atoms with Crippen molar-refractivity contribution in [1.29, 1.82) is 0 Å². The van der Waals surface area contributed by atoms with Gasteiger partial charge in [0.2, 0.25) is 0 Å². The van der Waals surface area contributed by atoms with Crippen molar-refractivity contribution >= 4 is 11.9 Å². The lowest BCUT2D eigenvalue weighted by Gasteiger charge is -2.08. The number of carbonyl (C=O) groups excluding carboxylic acids is 2. The number of hydrogen-bond acceptors (Lipinski definition) is 5. The normalized spacial score (nSPS) is 10.1. The van der Waals surface area contributed by atoms with Gasteiger partial charge in [0.05, 0.1) is 7.11 Å². The van der Waals surface area contributed by atoms with Crippen LogP contribution in [0, 0.1) is 6.92 Å². The Morgan fingerprint density at radius 1 is 1.17 bits per heavy atom. The predicted molar refractivity (Wildman–Crippen MR) is 88.0 cm³/mol. The molecule has 0 aromatic heterocycles. The summed E-state index contributed by atoms with van der Waals surface area (Å²) in [4.78, 5) is 23.6. The molecule has 0 saturated carbocycles. The fourth-order valence-electron chi connectivity index (χ4n) is 2.06. The first-order valence-corrected chi connectivity index (χ1v) is 7.36. The van der Waals surface area contributed by atoms with E-state index in [0.717, 1.165) is 11.1 Å². The molecule has 6 heteroatoms. The van der Waals surface area contributed by atoms with Crippen molar-refractivity contribution in [3.63, 3.8) is 0 Å². The predicted octanol–water partition coefficient (Wildman–Crippen LogP) is 2.18. The lowest BCUT2D eigenvalue weighted by molar-refractivity contribution is -0.124. The van der Waals surface area contributed by atoms with Crippen molar-refractivity contribution in [2.75, 3.05) is 13.7 Å². The van der Waals surface area contributed by atoms with Crippen molar-refractivity contribution in [2.45, 2.75) is 13.5 Å². The molecule has 0 spiro atoms. The Kier molecular flexibility index (Phi) is 5.78. The van der Waals surface area contributed by atoms with Crippen LogP contribution in [0.4, 0.5) is 0 Å². The Bertz CT molecular complexity index is 742. The van der Waals surface area contributed by atoms with Crippen LogP contribution in [-0.4, -0.2) is 30.7 Å². The molecule has 0 aliphatic heterocycles. The minimum atomic E-state index is -0.746. The molecule has 0 unspecified atom stereocenters. The van der Waals surface area contributed by atoms with E-state index in [-0.39, 0.29) is 11.3 Å². The number of phenols is 1. The van der Waals surface area contributed by atoms with E-state index in [1.807, 2.05) is 12.1 Å². The fourth-order valence-corrected chi connectivity index (χ4v) is 2.06. The largest absolute Gasteiger partial charge is 0.507 e. The van der Waals surface area contributed by atoms with E-state index in [1.165, 1.54) is 12.1 Å². The molecule has 0 saturated heterocycles. The van der Waals surface area contributed by atoms with Crippen LogP contribution in [0.1, 0.15) is 21.5 Å². The summed E-state index contributed by atoms with van der Waals surface area (Å²) in [6.45, 7) is 1.67. The van der Waals surface area contributed by atoms with Crippen LogP contribution in [0.5, 0.6) is 11.5 Å². The van der Waals surface area contributed by atoms with Gasteiger partial charge in [-0.1, -0.05) is 18.2 Å². The summed E-state index contributed by atoms with van der Waals surface area (Å²) < 4.78 is 10.0. The van der Waals surface area contributed by atoms with Gasteiger partial charge < -0.3 is 19.9 Å². The number of hydrogen-bond donors (Lipinski definition) is 2. The minimum Gasteiger partial charge on any atom is -0.507 e. The quantitative estimate of drug-likeness (QED) is 0.794. The summed E-state index contributed by atoms with van der Waals surface area (Å²) in [5, 5.41) is 12.4.